The molecule has 0 radical (unpaired) electrons. The maximum absolute atomic E-state index is 14.0. The van der Waals surface area contributed by atoms with Crippen molar-refractivity contribution in [1.29, 1.82) is 0 Å². The van der Waals surface area contributed by atoms with Crippen molar-refractivity contribution < 1.29 is 9.18 Å². The number of fused-ring (bicyclic) bond motifs is 1. The molecule has 1 aromatic carbocycles. The number of hydrogen-bond donors (Lipinski definition) is 1. The topological polar surface area (TPSA) is 78.7 Å². The van der Waals surface area contributed by atoms with Gasteiger partial charge >= 0.3 is 0 Å². The van der Waals surface area contributed by atoms with Gasteiger partial charge in [0, 0.05) is 49.8 Å². The van der Waals surface area contributed by atoms with E-state index in [4.69, 9.17) is 0 Å². The molecule has 1 saturated heterocycles. The van der Waals surface area contributed by atoms with Crippen molar-refractivity contribution in [3.05, 3.63) is 53.9 Å². The first-order valence-corrected chi connectivity index (χ1v) is 10.3. The van der Waals surface area contributed by atoms with Gasteiger partial charge in [0.2, 0.25) is 5.91 Å². The van der Waals surface area contributed by atoms with Crippen LogP contribution in [0.5, 0.6) is 0 Å². The lowest BCUT2D eigenvalue weighted by atomic mass is 10.0. The number of carbonyl (C=O) groups excluding carboxylic acids is 1. The SMILES string of the molecule is CCN1CCN(c2ccc(F)cc2C(C)NC(=O)Cc2nc3ncccn3n2)CC1. The van der Waals surface area contributed by atoms with Crippen molar-refractivity contribution >= 4 is 17.4 Å². The van der Waals surface area contributed by atoms with Crippen LogP contribution >= 0.6 is 0 Å². The number of nitrogens with one attached hydrogen (secondary N) is 1. The molecule has 2 aromatic heterocycles. The summed E-state index contributed by atoms with van der Waals surface area (Å²) in [5.74, 6) is 0.320. The van der Waals surface area contributed by atoms with E-state index in [1.54, 1.807) is 18.5 Å². The van der Waals surface area contributed by atoms with Gasteiger partial charge in [-0.1, -0.05) is 6.92 Å². The average molecular weight is 411 g/mol. The zero-order chi connectivity index (χ0) is 21.1. The molecule has 30 heavy (non-hydrogen) atoms. The third kappa shape index (κ3) is 4.40. The van der Waals surface area contributed by atoms with E-state index in [0.29, 0.717) is 11.6 Å². The summed E-state index contributed by atoms with van der Waals surface area (Å²) in [4.78, 5) is 25.6. The second kappa shape index (κ2) is 8.74. The largest absolute Gasteiger partial charge is 0.369 e. The quantitative estimate of drug-likeness (QED) is 0.667. The number of nitrogens with zero attached hydrogens (tertiary/aromatic N) is 6. The van der Waals surface area contributed by atoms with Gasteiger partial charge in [-0.2, -0.15) is 4.98 Å². The Kier molecular flexibility index (Phi) is 5.89. The van der Waals surface area contributed by atoms with Crippen molar-refractivity contribution in [2.75, 3.05) is 37.6 Å². The first-order valence-electron chi connectivity index (χ1n) is 10.3. The fourth-order valence-electron chi connectivity index (χ4n) is 3.83. The van der Waals surface area contributed by atoms with Crippen LogP contribution in [-0.2, 0) is 11.2 Å². The van der Waals surface area contributed by atoms with Crippen LogP contribution in [0.15, 0.2) is 36.7 Å². The van der Waals surface area contributed by atoms with Crippen LogP contribution in [0.2, 0.25) is 0 Å². The fraction of sp³-hybridized carbons (Fsp3) is 0.429. The van der Waals surface area contributed by atoms with E-state index in [1.165, 1.54) is 16.6 Å². The van der Waals surface area contributed by atoms with Gasteiger partial charge < -0.3 is 15.1 Å². The Morgan fingerprint density at radius 2 is 2.07 bits per heavy atom. The Balaban J connectivity index is 1.46. The van der Waals surface area contributed by atoms with Crippen molar-refractivity contribution in [3.8, 4) is 0 Å². The minimum absolute atomic E-state index is 0.0352. The second-order valence-electron chi connectivity index (χ2n) is 7.48. The first kappa shape index (κ1) is 20.2. The molecule has 1 N–H and O–H groups in total. The molecule has 158 valence electrons. The van der Waals surface area contributed by atoms with E-state index < -0.39 is 0 Å². The molecule has 0 aliphatic carbocycles. The summed E-state index contributed by atoms with van der Waals surface area (Å²) in [6.45, 7) is 8.77. The van der Waals surface area contributed by atoms with Crippen LogP contribution < -0.4 is 10.2 Å². The Morgan fingerprint density at radius 3 is 2.80 bits per heavy atom. The van der Waals surface area contributed by atoms with Crippen molar-refractivity contribution in [1.82, 2.24) is 29.8 Å². The minimum Gasteiger partial charge on any atom is -0.369 e. The second-order valence-corrected chi connectivity index (χ2v) is 7.48. The van der Waals surface area contributed by atoms with Gasteiger partial charge in [-0.05, 0) is 37.7 Å². The molecule has 1 unspecified atom stereocenters. The van der Waals surface area contributed by atoms with E-state index in [0.717, 1.165) is 44.0 Å². The highest BCUT2D eigenvalue weighted by Gasteiger charge is 2.22. The summed E-state index contributed by atoms with van der Waals surface area (Å²) in [7, 11) is 0. The molecule has 3 heterocycles. The van der Waals surface area contributed by atoms with Gasteiger partial charge in [-0.25, -0.2) is 13.9 Å². The maximum atomic E-state index is 14.0. The Bertz CT molecular complexity index is 996. The van der Waals surface area contributed by atoms with Crippen molar-refractivity contribution in [3.63, 3.8) is 0 Å². The summed E-state index contributed by atoms with van der Waals surface area (Å²) in [5, 5.41) is 7.23. The highest BCUT2D eigenvalue weighted by Crippen LogP contribution is 2.28. The van der Waals surface area contributed by atoms with E-state index in [2.05, 4.69) is 37.1 Å². The zero-order valence-electron chi connectivity index (χ0n) is 17.3. The number of rotatable bonds is 6. The maximum Gasteiger partial charge on any atom is 0.252 e. The molecule has 1 amide bonds. The number of carbonyl (C=O) groups is 1. The highest BCUT2D eigenvalue weighted by atomic mass is 19.1. The van der Waals surface area contributed by atoms with Gasteiger partial charge in [-0.15, -0.1) is 5.10 Å². The third-order valence-corrected chi connectivity index (χ3v) is 5.47. The summed E-state index contributed by atoms with van der Waals surface area (Å²) < 4.78 is 15.6. The summed E-state index contributed by atoms with van der Waals surface area (Å²) in [6, 6.07) is 6.21. The first-order chi connectivity index (χ1) is 14.5. The number of amides is 1. The predicted molar refractivity (Wildman–Crippen MR) is 112 cm³/mol. The number of anilines is 1. The smallest absolute Gasteiger partial charge is 0.252 e. The lowest BCUT2D eigenvalue weighted by molar-refractivity contribution is -0.121. The van der Waals surface area contributed by atoms with Gasteiger partial charge in [0.05, 0.1) is 12.5 Å². The third-order valence-electron chi connectivity index (χ3n) is 5.47. The van der Waals surface area contributed by atoms with Crippen molar-refractivity contribution in [2.45, 2.75) is 26.3 Å². The number of benzene rings is 1. The molecular formula is C21H26FN7O. The average Bonchev–Trinajstić information content (AvgIpc) is 3.15. The van der Waals surface area contributed by atoms with Crippen LogP contribution in [0.4, 0.5) is 10.1 Å². The molecule has 4 rings (SSSR count). The van der Waals surface area contributed by atoms with Gasteiger partial charge in [0.1, 0.15) is 5.82 Å². The van der Waals surface area contributed by atoms with E-state index in [1.807, 2.05) is 13.0 Å². The number of piperazine rings is 1. The molecule has 1 fully saturated rings. The van der Waals surface area contributed by atoms with Crippen LogP contribution in [0.3, 0.4) is 0 Å². The molecular weight excluding hydrogens is 385 g/mol. The molecule has 0 saturated carbocycles. The van der Waals surface area contributed by atoms with Crippen LogP contribution in [0.1, 0.15) is 31.3 Å². The van der Waals surface area contributed by atoms with E-state index in [9.17, 15) is 9.18 Å². The highest BCUT2D eigenvalue weighted by molar-refractivity contribution is 5.78. The number of hydrogen-bond acceptors (Lipinski definition) is 6. The van der Waals surface area contributed by atoms with Crippen LogP contribution in [-0.4, -0.2) is 63.1 Å². The van der Waals surface area contributed by atoms with E-state index in [-0.39, 0.29) is 24.2 Å². The Labute approximate surface area is 174 Å². The number of likely N-dealkylation sites (N-methyl/N-ethyl adjacent to an activating group) is 1. The predicted octanol–water partition coefficient (Wildman–Crippen LogP) is 1.83. The molecule has 9 heteroatoms. The summed E-state index contributed by atoms with van der Waals surface area (Å²) >= 11 is 0. The molecule has 1 atom stereocenters. The summed E-state index contributed by atoms with van der Waals surface area (Å²) in [5.41, 5.74) is 1.74. The molecule has 1 aliphatic heterocycles. The number of aromatic nitrogens is 4. The standard InChI is InChI=1S/C21H26FN7O/c1-3-27-9-11-28(12-10-27)18-6-5-16(22)13-17(18)15(2)24-20(30)14-19-25-21-23-7-4-8-29(21)26-19/h4-8,13,15H,3,9-12,14H2,1-2H3,(H,24,30). The summed E-state index contributed by atoms with van der Waals surface area (Å²) in [6.07, 6.45) is 3.39. The lowest BCUT2D eigenvalue weighted by Gasteiger charge is -2.37. The van der Waals surface area contributed by atoms with Gasteiger partial charge in [0.25, 0.3) is 5.78 Å². The van der Waals surface area contributed by atoms with E-state index >= 15 is 0 Å². The van der Waals surface area contributed by atoms with Gasteiger partial charge in [0.15, 0.2) is 5.82 Å². The van der Waals surface area contributed by atoms with Crippen LogP contribution in [0.25, 0.3) is 5.78 Å². The lowest BCUT2D eigenvalue weighted by Crippen LogP contribution is -2.46. The fourth-order valence-corrected chi connectivity index (χ4v) is 3.83. The molecule has 8 nitrogen and oxygen atoms in total. The normalized spacial score (nSPS) is 16.0. The molecule has 0 bridgehead atoms. The van der Waals surface area contributed by atoms with Crippen LogP contribution in [0, 0.1) is 5.82 Å². The minimum atomic E-state index is -0.345. The number of halogens is 1. The van der Waals surface area contributed by atoms with Crippen molar-refractivity contribution in [2.24, 2.45) is 0 Å². The Hall–Kier alpha value is -3.07. The molecule has 3 aromatic rings. The monoisotopic (exact) mass is 411 g/mol. The Morgan fingerprint density at radius 1 is 1.27 bits per heavy atom. The van der Waals surface area contributed by atoms with Gasteiger partial charge in [-0.3, -0.25) is 4.79 Å². The molecule has 1 aliphatic rings. The zero-order valence-corrected chi connectivity index (χ0v) is 17.3. The molecule has 0 spiro atoms.